The van der Waals surface area contributed by atoms with E-state index in [0.717, 1.165) is 4.57 Å². The van der Waals surface area contributed by atoms with E-state index in [4.69, 9.17) is 5.73 Å². The van der Waals surface area contributed by atoms with Crippen LogP contribution in [-0.4, -0.2) is 62.7 Å². The van der Waals surface area contributed by atoms with Crippen molar-refractivity contribution in [3.05, 3.63) is 30.1 Å². The van der Waals surface area contributed by atoms with Gasteiger partial charge in [0.25, 0.3) is 0 Å². The van der Waals surface area contributed by atoms with Gasteiger partial charge >= 0.3 is 6.18 Å². The molecule has 2 heterocycles. The Labute approximate surface area is 157 Å². The minimum Gasteiger partial charge on any atom is -0.368 e. The summed E-state index contributed by atoms with van der Waals surface area (Å²) >= 11 is 0. The Morgan fingerprint density at radius 1 is 1.21 bits per heavy atom. The van der Waals surface area contributed by atoms with Crippen molar-refractivity contribution in [2.24, 2.45) is 5.73 Å². The van der Waals surface area contributed by atoms with E-state index in [1.807, 2.05) is 0 Å². The van der Waals surface area contributed by atoms with Gasteiger partial charge in [0, 0.05) is 20.0 Å². The van der Waals surface area contributed by atoms with E-state index < -0.39 is 36.4 Å². The quantitative estimate of drug-likeness (QED) is 0.820. The molecule has 2 aromatic rings. The van der Waals surface area contributed by atoms with E-state index in [2.05, 4.69) is 4.98 Å². The summed E-state index contributed by atoms with van der Waals surface area (Å²) in [4.78, 5) is 42.0. The molecule has 3 rings (SSSR count). The molecule has 150 valence electrons. The van der Waals surface area contributed by atoms with Gasteiger partial charge in [-0.15, -0.1) is 0 Å². The lowest BCUT2D eigenvalue weighted by Gasteiger charge is -2.39. The fourth-order valence-electron chi connectivity index (χ4n) is 3.32. The van der Waals surface area contributed by atoms with Crippen molar-refractivity contribution in [2.45, 2.75) is 25.7 Å². The van der Waals surface area contributed by atoms with Gasteiger partial charge in [-0.2, -0.15) is 13.2 Å². The predicted molar refractivity (Wildman–Crippen MR) is 91.7 cm³/mol. The number of rotatable bonds is 3. The van der Waals surface area contributed by atoms with Crippen LogP contribution < -0.4 is 5.73 Å². The molecule has 0 aliphatic carbocycles. The molecule has 0 unspecified atom stereocenters. The van der Waals surface area contributed by atoms with Crippen LogP contribution in [0.4, 0.5) is 13.2 Å². The summed E-state index contributed by atoms with van der Waals surface area (Å²) in [6, 6.07) is 4.97. The first-order valence-corrected chi connectivity index (χ1v) is 8.46. The Kier molecular flexibility index (Phi) is 5.01. The third kappa shape index (κ3) is 3.64. The molecule has 1 atom stereocenters. The van der Waals surface area contributed by atoms with Crippen LogP contribution in [0.25, 0.3) is 11.0 Å². The summed E-state index contributed by atoms with van der Waals surface area (Å²) in [5.74, 6) is -2.94. The van der Waals surface area contributed by atoms with Gasteiger partial charge in [-0.1, -0.05) is 12.1 Å². The number of alkyl halides is 3. The molecule has 0 saturated carbocycles. The summed E-state index contributed by atoms with van der Waals surface area (Å²) in [5.41, 5.74) is 5.62. The van der Waals surface area contributed by atoms with Gasteiger partial charge in [0.15, 0.2) is 0 Å². The van der Waals surface area contributed by atoms with Crippen LogP contribution in [0.2, 0.25) is 0 Å². The lowest BCUT2D eigenvalue weighted by Crippen LogP contribution is -2.60. The standard InChI is InChI=1S/C17H18F3N5O3/c1-10(26)24-7-6-23(8-13(24)15(21)28)14(27)9-25-12-5-3-2-4-11(12)22-16(25)17(18,19)20/h2-5,13H,6-9H2,1H3,(H2,21,28)/t13-/m1/s1. The Morgan fingerprint density at radius 2 is 1.89 bits per heavy atom. The van der Waals surface area contributed by atoms with Crippen molar-refractivity contribution in [2.75, 3.05) is 19.6 Å². The molecule has 11 heteroatoms. The Morgan fingerprint density at radius 3 is 2.50 bits per heavy atom. The van der Waals surface area contributed by atoms with Crippen molar-refractivity contribution in [1.82, 2.24) is 19.4 Å². The van der Waals surface area contributed by atoms with E-state index in [9.17, 15) is 27.6 Å². The number of hydrogen-bond acceptors (Lipinski definition) is 4. The van der Waals surface area contributed by atoms with E-state index in [0.29, 0.717) is 0 Å². The molecular weight excluding hydrogens is 379 g/mol. The summed E-state index contributed by atoms with van der Waals surface area (Å²) in [6.07, 6.45) is -4.73. The topological polar surface area (TPSA) is 102 Å². The highest BCUT2D eigenvalue weighted by Gasteiger charge is 2.39. The number of aromatic nitrogens is 2. The molecule has 1 aromatic carbocycles. The van der Waals surface area contributed by atoms with Crippen molar-refractivity contribution in [3.63, 3.8) is 0 Å². The average molecular weight is 397 g/mol. The molecule has 0 radical (unpaired) electrons. The zero-order chi connectivity index (χ0) is 20.6. The zero-order valence-corrected chi connectivity index (χ0v) is 14.9. The minimum atomic E-state index is -4.73. The van der Waals surface area contributed by atoms with Gasteiger partial charge < -0.3 is 20.1 Å². The number of fused-ring (bicyclic) bond motifs is 1. The fraction of sp³-hybridized carbons (Fsp3) is 0.412. The van der Waals surface area contributed by atoms with Crippen LogP contribution in [0.15, 0.2) is 24.3 Å². The molecular formula is C17H18F3N5O3. The van der Waals surface area contributed by atoms with E-state index >= 15 is 0 Å². The third-order valence-corrected chi connectivity index (χ3v) is 4.67. The van der Waals surface area contributed by atoms with Gasteiger partial charge in [0.1, 0.15) is 12.6 Å². The first-order valence-electron chi connectivity index (χ1n) is 8.46. The van der Waals surface area contributed by atoms with E-state index in [1.54, 1.807) is 12.1 Å². The molecule has 0 bridgehead atoms. The molecule has 2 N–H and O–H groups in total. The predicted octanol–water partition coefficient (Wildman–Crippen LogP) is 0.600. The summed E-state index contributed by atoms with van der Waals surface area (Å²) < 4.78 is 40.9. The number of benzene rings is 1. The number of nitrogens with two attached hydrogens (primary N) is 1. The van der Waals surface area contributed by atoms with E-state index in [1.165, 1.54) is 28.9 Å². The highest BCUT2D eigenvalue weighted by molar-refractivity contribution is 5.88. The molecule has 8 nitrogen and oxygen atoms in total. The van der Waals surface area contributed by atoms with Crippen molar-refractivity contribution < 1.29 is 27.6 Å². The second-order valence-corrected chi connectivity index (χ2v) is 6.48. The van der Waals surface area contributed by atoms with Crippen molar-refractivity contribution >= 4 is 28.8 Å². The molecule has 1 aromatic heterocycles. The molecule has 0 spiro atoms. The number of imidazole rings is 1. The number of primary amides is 1. The number of nitrogens with zero attached hydrogens (tertiary/aromatic N) is 4. The molecule has 1 fully saturated rings. The largest absolute Gasteiger partial charge is 0.449 e. The molecule has 1 aliphatic heterocycles. The highest BCUT2D eigenvalue weighted by Crippen LogP contribution is 2.31. The van der Waals surface area contributed by atoms with Crippen LogP contribution in [0, 0.1) is 0 Å². The van der Waals surface area contributed by atoms with Crippen molar-refractivity contribution in [1.29, 1.82) is 0 Å². The van der Waals surface area contributed by atoms with Crippen LogP contribution in [0.1, 0.15) is 12.7 Å². The second-order valence-electron chi connectivity index (χ2n) is 6.48. The van der Waals surface area contributed by atoms with Gasteiger partial charge in [0.2, 0.25) is 23.5 Å². The lowest BCUT2D eigenvalue weighted by atomic mass is 10.1. The average Bonchev–Trinajstić information content (AvgIpc) is 3.00. The Balaban J connectivity index is 1.87. The van der Waals surface area contributed by atoms with Crippen LogP contribution in [0.5, 0.6) is 0 Å². The second kappa shape index (κ2) is 7.13. The normalized spacial score (nSPS) is 17.8. The smallest absolute Gasteiger partial charge is 0.368 e. The highest BCUT2D eigenvalue weighted by atomic mass is 19.4. The van der Waals surface area contributed by atoms with Crippen molar-refractivity contribution in [3.8, 4) is 0 Å². The maximum absolute atomic E-state index is 13.4. The lowest BCUT2D eigenvalue weighted by molar-refractivity contribution is -0.150. The zero-order valence-electron chi connectivity index (χ0n) is 14.9. The number of piperazine rings is 1. The Bertz CT molecular complexity index is 940. The summed E-state index contributed by atoms with van der Waals surface area (Å²) in [5, 5.41) is 0. The molecule has 28 heavy (non-hydrogen) atoms. The van der Waals surface area contributed by atoms with Gasteiger partial charge in [-0.3, -0.25) is 14.4 Å². The first-order chi connectivity index (χ1) is 13.1. The Hall–Kier alpha value is -3.11. The summed E-state index contributed by atoms with van der Waals surface area (Å²) in [7, 11) is 0. The number of para-hydroxylation sites is 2. The molecule has 1 saturated heterocycles. The maximum Gasteiger partial charge on any atom is 0.449 e. The number of hydrogen-bond donors (Lipinski definition) is 1. The molecule has 1 aliphatic rings. The number of halogens is 3. The minimum absolute atomic E-state index is 0.0749. The van der Waals surface area contributed by atoms with Gasteiger partial charge in [-0.05, 0) is 12.1 Å². The maximum atomic E-state index is 13.4. The van der Waals surface area contributed by atoms with Gasteiger partial charge in [-0.25, -0.2) is 4.98 Å². The fourth-order valence-corrected chi connectivity index (χ4v) is 3.32. The SMILES string of the molecule is CC(=O)N1CCN(C(=O)Cn2c(C(F)(F)F)nc3ccccc32)C[C@@H]1C(N)=O. The molecule has 3 amide bonds. The van der Waals surface area contributed by atoms with Gasteiger partial charge in [0.05, 0.1) is 17.6 Å². The number of amides is 3. The first kappa shape index (κ1) is 19.6. The third-order valence-electron chi connectivity index (χ3n) is 4.67. The van der Waals surface area contributed by atoms with Crippen LogP contribution in [-0.2, 0) is 27.1 Å². The van der Waals surface area contributed by atoms with E-state index in [-0.39, 0.29) is 36.6 Å². The summed E-state index contributed by atoms with van der Waals surface area (Å²) in [6.45, 7) is 0.685. The monoisotopic (exact) mass is 397 g/mol. The van der Waals surface area contributed by atoms with Crippen LogP contribution in [0.3, 0.4) is 0 Å². The number of carbonyl (C=O) groups excluding carboxylic acids is 3. The number of carbonyl (C=O) groups is 3. The van der Waals surface area contributed by atoms with Crippen LogP contribution >= 0.6 is 0 Å².